The lowest BCUT2D eigenvalue weighted by atomic mass is 9.87. The number of hydrogen-bond acceptors (Lipinski definition) is 2. The molecule has 2 rings (SSSR count). The number of anilines is 1. The minimum Gasteiger partial charge on any atom is -0.380 e. The van der Waals surface area contributed by atoms with E-state index in [0.29, 0.717) is 5.69 Å². The van der Waals surface area contributed by atoms with E-state index in [1.54, 1.807) is 0 Å². The van der Waals surface area contributed by atoms with E-state index in [9.17, 15) is 8.78 Å². The van der Waals surface area contributed by atoms with Crippen LogP contribution in [0, 0.1) is 11.6 Å². The van der Waals surface area contributed by atoms with E-state index in [1.807, 2.05) is 0 Å². The third-order valence-electron chi connectivity index (χ3n) is 2.54. The molecule has 0 radical (unpaired) electrons. The summed E-state index contributed by atoms with van der Waals surface area (Å²) >= 11 is 3.02. The van der Waals surface area contributed by atoms with Crippen LogP contribution in [0.25, 0.3) is 0 Å². The van der Waals surface area contributed by atoms with Crippen LogP contribution in [0.5, 0.6) is 0 Å². The Morgan fingerprint density at radius 2 is 1.93 bits per heavy atom. The summed E-state index contributed by atoms with van der Waals surface area (Å²) < 4.78 is 26.5. The molecule has 1 aliphatic carbocycles. The Hall–Kier alpha value is -0.680. The van der Waals surface area contributed by atoms with Gasteiger partial charge in [-0.2, -0.15) is 0 Å². The van der Waals surface area contributed by atoms with Gasteiger partial charge in [-0.25, -0.2) is 8.78 Å². The minimum atomic E-state index is -0.594. The first-order chi connectivity index (χ1) is 7.06. The normalized spacial score (nSPS) is 24.8. The fraction of sp³-hybridized carbons (Fsp3) is 0.400. The van der Waals surface area contributed by atoms with E-state index in [2.05, 4.69) is 21.2 Å². The predicted octanol–water partition coefficient (Wildman–Crippen LogP) is 2.63. The fourth-order valence-electron chi connectivity index (χ4n) is 1.63. The van der Waals surface area contributed by atoms with E-state index in [0.717, 1.165) is 18.9 Å². The van der Waals surface area contributed by atoms with Crippen LogP contribution in [0.2, 0.25) is 0 Å². The highest BCUT2D eigenvalue weighted by atomic mass is 79.9. The molecule has 0 unspecified atom stereocenters. The highest BCUT2D eigenvalue weighted by Gasteiger charge is 2.26. The maximum atomic E-state index is 13.3. The second-order valence-corrected chi connectivity index (χ2v) is 4.67. The summed E-state index contributed by atoms with van der Waals surface area (Å²) in [5.41, 5.74) is 5.93. The lowest BCUT2D eigenvalue weighted by Crippen LogP contribution is -2.44. The molecule has 0 bridgehead atoms. The van der Waals surface area contributed by atoms with Gasteiger partial charge in [0.2, 0.25) is 0 Å². The van der Waals surface area contributed by atoms with Crippen LogP contribution < -0.4 is 11.1 Å². The third-order valence-corrected chi connectivity index (χ3v) is 3.15. The molecule has 0 aromatic heterocycles. The summed E-state index contributed by atoms with van der Waals surface area (Å²) in [7, 11) is 0. The van der Waals surface area contributed by atoms with Gasteiger partial charge in [-0.3, -0.25) is 0 Å². The highest BCUT2D eigenvalue weighted by Crippen LogP contribution is 2.28. The van der Waals surface area contributed by atoms with Crippen LogP contribution in [-0.2, 0) is 0 Å². The van der Waals surface area contributed by atoms with Crippen LogP contribution in [0.1, 0.15) is 12.8 Å². The summed E-state index contributed by atoms with van der Waals surface area (Å²) in [5, 5.41) is 2.99. The number of benzene rings is 1. The zero-order chi connectivity index (χ0) is 11.0. The van der Waals surface area contributed by atoms with Crippen LogP contribution in [0.4, 0.5) is 14.5 Å². The van der Waals surface area contributed by atoms with Crippen molar-refractivity contribution in [1.82, 2.24) is 0 Å². The van der Waals surface area contributed by atoms with Crippen molar-refractivity contribution < 1.29 is 8.78 Å². The van der Waals surface area contributed by atoms with E-state index < -0.39 is 11.6 Å². The molecule has 3 N–H and O–H groups in total. The Morgan fingerprint density at radius 1 is 1.27 bits per heavy atom. The Bertz CT molecular complexity index is 378. The van der Waals surface area contributed by atoms with Gasteiger partial charge in [0.15, 0.2) is 0 Å². The van der Waals surface area contributed by atoms with Crippen LogP contribution in [0.3, 0.4) is 0 Å². The van der Waals surface area contributed by atoms with Gasteiger partial charge in [-0.15, -0.1) is 0 Å². The average molecular weight is 277 g/mol. The van der Waals surface area contributed by atoms with Gasteiger partial charge in [0.1, 0.15) is 11.6 Å². The lowest BCUT2D eigenvalue weighted by molar-refractivity contribution is 0.372. The maximum absolute atomic E-state index is 13.3. The van der Waals surface area contributed by atoms with E-state index in [1.165, 1.54) is 6.07 Å². The largest absolute Gasteiger partial charge is 0.380 e. The van der Waals surface area contributed by atoms with Crippen molar-refractivity contribution in [3.8, 4) is 0 Å². The summed E-state index contributed by atoms with van der Waals surface area (Å²) in [6.45, 7) is 0. The molecular weight excluding hydrogens is 266 g/mol. The zero-order valence-corrected chi connectivity index (χ0v) is 9.52. The molecule has 1 aromatic rings. The number of halogens is 3. The number of nitrogens with two attached hydrogens (primary N) is 1. The summed E-state index contributed by atoms with van der Waals surface area (Å²) in [4.78, 5) is 0. The maximum Gasteiger partial charge on any atom is 0.149 e. The summed E-state index contributed by atoms with van der Waals surface area (Å²) in [6.07, 6.45) is 1.66. The standard InChI is InChI=1S/C10H11BrF2N2/c11-7-3-10(9(13)4-8(7)12)15-6-1-5(14)2-6/h3-6,15H,1-2,14H2. The molecule has 0 heterocycles. The molecule has 5 heteroatoms. The zero-order valence-electron chi connectivity index (χ0n) is 7.93. The molecule has 0 amide bonds. The monoisotopic (exact) mass is 276 g/mol. The molecule has 82 valence electrons. The molecule has 1 fully saturated rings. The van der Waals surface area contributed by atoms with E-state index >= 15 is 0 Å². The van der Waals surface area contributed by atoms with Gasteiger partial charge in [-0.05, 0) is 34.8 Å². The first kappa shape index (κ1) is 10.8. The Morgan fingerprint density at radius 3 is 2.53 bits per heavy atom. The van der Waals surface area contributed by atoms with Gasteiger partial charge in [0.25, 0.3) is 0 Å². The predicted molar refractivity (Wildman–Crippen MR) is 58.7 cm³/mol. The molecule has 0 spiro atoms. The van der Waals surface area contributed by atoms with Gasteiger partial charge in [-0.1, -0.05) is 0 Å². The van der Waals surface area contributed by atoms with Gasteiger partial charge >= 0.3 is 0 Å². The van der Waals surface area contributed by atoms with Crippen molar-refractivity contribution in [1.29, 1.82) is 0 Å². The second kappa shape index (κ2) is 4.06. The van der Waals surface area contributed by atoms with Gasteiger partial charge < -0.3 is 11.1 Å². The van der Waals surface area contributed by atoms with Crippen molar-refractivity contribution in [2.75, 3.05) is 5.32 Å². The van der Waals surface area contributed by atoms with Crippen molar-refractivity contribution in [3.63, 3.8) is 0 Å². The van der Waals surface area contributed by atoms with Gasteiger partial charge in [0, 0.05) is 18.2 Å². The first-order valence-corrected chi connectivity index (χ1v) is 5.52. The van der Waals surface area contributed by atoms with Crippen molar-refractivity contribution in [2.24, 2.45) is 5.73 Å². The molecule has 1 aliphatic rings. The van der Waals surface area contributed by atoms with Crippen LogP contribution in [0.15, 0.2) is 16.6 Å². The topological polar surface area (TPSA) is 38.0 Å². The van der Waals surface area contributed by atoms with E-state index in [-0.39, 0.29) is 16.6 Å². The molecule has 1 aromatic carbocycles. The third kappa shape index (κ3) is 2.29. The molecule has 15 heavy (non-hydrogen) atoms. The Labute approximate surface area is 95.0 Å². The SMILES string of the molecule is NC1CC(Nc2cc(Br)c(F)cc2F)C1. The van der Waals surface area contributed by atoms with E-state index in [4.69, 9.17) is 5.73 Å². The summed E-state index contributed by atoms with van der Waals surface area (Å²) in [6, 6.07) is 2.68. The smallest absolute Gasteiger partial charge is 0.149 e. The molecule has 2 nitrogen and oxygen atoms in total. The van der Waals surface area contributed by atoms with Crippen molar-refractivity contribution in [2.45, 2.75) is 24.9 Å². The summed E-state index contributed by atoms with van der Waals surface area (Å²) in [5.74, 6) is -1.17. The lowest BCUT2D eigenvalue weighted by Gasteiger charge is -2.33. The van der Waals surface area contributed by atoms with Crippen molar-refractivity contribution >= 4 is 21.6 Å². The quantitative estimate of drug-likeness (QED) is 0.815. The minimum absolute atomic E-state index is 0.201. The van der Waals surface area contributed by atoms with Crippen LogP contribution in [-0.4, -0.2) is 12.1 Å². The van der Waals surface area contributed by atoms with Gasteiger partial charge in [0.05, 0.1) is 10.2 Å². The molecule has 0 aliphatic heterocycles. The number of hydrogen-bond donors (Lipinski definition) is 2. The Kier molecular flexibility index (Phi) is 2.93. The second-order valence-electron chi connectivity index (χ2n) is 3.82. The fourth-order valence-corrected chi connectivity index (χ4v) is 1.98. The Balaban J connectivity index is 2.11. The van der Waals surface area contributed by atoms with Crippen LogP contribution >= 0.6 is 15.9 Å². The number of rotatable bonds is 2. The number of nitrogens with one attached hydrogen (secondary N) is 1. The molecule has 0 saturated heterocycles. The molecule has 1 saturated carbocycles. The highest BCUT2D eigenvalue weighted by molar-refractivity contribution is 9.10. The van der Waals surface area contributed by atoms with Crippen molar-refractivity contribution in [3.05, 3.63) is 28.2 Å². The molecular formula is C10H11BrF2N2. The first-order valence-electron chi connectivity index (χ1n) is 4.73. The molecule has 0 atom stereocenters. The average Bonchev–Trinajstić information content (AvgIpc) is 2.11.